The van der Waals surface area contributed by atoms with Crippen LogP contribution in [0.5, 0.6) is 0 Å². The molecular weight excluding hydrogens is 98.1 g/mol. The second-order valence-electron chi connectivity index (χ2n) is 2.60. The van der Waals surface area contributed by atoms with Crippen LogP contribution in [0.4, 0.5) is 0 Å². The molecule has 0 radical (unpaired) electrons. The molecule has 0 aromatic rings. The van der Waals surface area contributed by atoms with E-state index in [4.69, 9.17) is 5.73 Å². The summed E-state index contributed by atoms with van der Waals surface area (Å²) in [5.74, 6) is 0.882. The lowest BCUT2D eigenvalue weighted by Crippen LogP contribution is -2.17. The molecule has 1 saturated carbocycles. The van der Waals surface area contributed by atoms with E-state index in [1.165, 1.54) is 24.8 Å². The molecule has 0 unspecified atom stereocenters. The van der Waals surface area contributed by atoms with Crippen molar-refractivity contribution in [3.63, 3.8) is 0 Å². The molecule has 0 saturated heterocycles. The summed E-state index contributed by atoms with van der Waals surface area (Å²) in [6, 6.07) is 0. The SMILES string of the molecule is C=C1CC(CCN)C1. The Morgan fingerprint density at radius 3 is 2.62 bits per heavy atom. The Morgan fingerprint density at radius 1 is 1.62 bits per heavy atom. The van der Waals surface area contributed by atoms with E-state index in [1.807, 2.05) is 0 Å². The lowest BCUT2D eigenvalue weighted by Gasteiger charge is -2.27. The number of nitrogens with two attached hydrogens (primary N) is 1. The second kappa shape index (κ2) is 2.31. The van der Waals surface area contributed by atoms with Crippen molar-refractivity contribution >= 4 is 0 Å². The molecule has 0 amide bonds. The fourth-order valence-electron chi connectivity index (χ4n) is 1.20. The monoisotopic (exact) mass is 111 g/mol. The minimum absolute atomic E-state index is 0.845. The average molecular weight is 111 g/mol. The molecular formula is C7H13N. The van der Waals surface area contributed by atoms with Crippen molar-refractivity contribution in [3.8, 4) is 0 Å². The molecule has 1 aliphatic rings. The highest BCUT2D eigenvalue weighted by Gasteiger charge is 2.19. The zero-order chi connectivity index (χ0) is 5.98. The van der Waals surface area contributed by atoms with E-state index in [0.29, 0.717) is 0 Å². The summed E-state index contributed by atoms with van der Waals surface area (Å²) in [5.41, 5.74) is 6.76. The van der Waals surface area contributed by atoms with Crippen LogP contribution in [0, 0.1) is 5.92 Å². The van der Waals surface area contributed by atoms with Crippen molar-refractivity contribution in [2.24, 2.45) is 11.7 Å². The zero-order valence-corrected chi connectivity index (χ0v) is 5.19. The molecule has 0 spiro atoms. The largest absolute Gasteiger partial charge is 0.330 e. The maximum absolute atomic E-state index is 5.35. The molecule has 2 N–H and O–H groups in total. The van der Waals surface area contributed by atoms with Crippen LogP contribution in [0.2, 0.25) is 0 Å². The number of hydrogen-bond donors (Lipinski definition) is 1. The molecule has 1 fully saturated rings. The Bertz CT molecular complexity index is 88.6. The first-order valence-electron chi connectivity index (χ1n) is 3.19. The predicted octanol–water partition coefficient (Wildman–Crippen LogP) is 1.30. The Hall–Kier alpha value is -0.300. The molecule has 0 bridgehead atoms. The van der Waals surface area contributed by atoms with Crippen LogP contribution in [-0.4, -0.2) is 6.54 Å². The van der Waals surface area contributed by atoms with Gasteiger partial charge in [0, 0.05) is 0 Å². The molecule has 1 nitrogen and oxygen atoms in total. The highest BCUT2D eigenvalue weighted by Crippen LogP contribution is 2.33. The Balaban J connectivity index is 2.06. The Labute approximate surface area is 50.6 Å². The molecule has 8 heavy (non-hydrogen) atoms. The fraction of sp³-hybridized carbons (Fsp3) is 0.714. The number of allylic oxidation sites excluding steroid dienone is 1. The molecule has 0 atom stereocenters. The normalized spacial score (nSPS) is 20.9. The maximum Gasteiger partial charge on any atom is -0.00744 e. The van der Waals surface area contributed by atoms with Crippen molar-refractivity contribution < 1.29 is 0 Å². The minimum Gasteiger partial charge on any atom is -0.330 e. The molecule has 1 rings (SSSR count). The summed E-state index contributed by atoms with van der Waals surface area (Å²) in [5, 5.41) is 0. The van der Waals surface area contributed by atoms with Crippen LogP contribution in [0.25, 0.3) is 0 Å². The molecule has 0 aromatic heterocycles. The first-order valence-corrected chi connectivity index (χ1v) is 3.19. The van der Waals surface area contributed by atoms with E-state index in [2.05, 4.69) is 6.58 Å². The van der Waals surface area contributed by atoms with Crippen LogP contribution in [-0.2, 0) is 0 Å². The van der Waals surface area contributed by atoms with E-state index in [-0.39, 0.29) is 0 Å². The summed E-state index contributed by atoms with van der Waals surface area (Å²) in [7, 11) is 0. The van der Waals surface area contributed by atoms with Gasteiger partial charge < -0.3 is 5.73 Å². The van der Waals surface area contributed by atoms with Gasteiger partial charge in [-0.1, -0.05) is 12.2 Å². The van der Waals surface area contributed by atoms with Crippen molar-refractivity contribution in [3.05, 3.63) is 12.2 Å². The van der Waals surface area contributed by atoms with E-state index in [1.54, 1.807) is 0 Å². The van der Waals surface area contributed by atoms with Gasteiger partial charge >= 0.3 is 0 Å². The summed E-state index contributed by atoms with van der Waals surface area (Å²) in [4.78, 5) is 0. The molecule has 0 aromatic carbocycles. The average Bonchev–Trinajstić information content (AvgIpc) is 1.64. The third kappa shape index (κ3) is 1.10. The quantitative estimate of drug-likeness (QED) is 0.534. The van der Waals surface area contributed by atoms with Gasteiger partial charge in [0.25, 0.3) is 0 Å². The van der Waals surface area contributed by atoms with Gasteiger partial charge in [0.15, 0.2) is 0 Å². The van der Waals surface area contributed by atoms with E-state index < -0.39 is 0 Å². The fourth-order valence-corrected chi connectivity index (χ4v) is 1.20. The topological polar surface area (TPSA) is 26.0 Å². The predicted molar refractivity (Wildman–Crippen MR) is 35.5 cm³/mol. The zero-order valence-electron chi connectivity index (χ0n) is 5.19. The number of rotatable bonds is 2. The molecule has 46 valence electrons. The lowest BCUT2D eigenvalue weighted by atomic mass is 9.79. The third-order valence-electron chi connectivity index (χ3n) is 1.73. The van der Waals surface area contributed by atoms with Gasteiger partial charge in [-0.25, -0.2) is 0 Å². The second-order valence-corrected chi connectivity index (χ2v) is 2.60. The Morgan fingerprint density at radius 2 is 2.25 bits per heavy atom. The standard InChI is InChI=1S/C7H13N/c1-6-4-7(5-6)2-3-8/h7H,1-5,8H2. The summed E-state index contributed by atoms with van der Waals surface area (Å²) >= 11 is 0. The van der Waals surface area contributed by atoms with Crippen LogP contribution in [0.3, 0.4) is 0 Å². The highest BCUT2D eigenvalue weighted by molar-refractivity contribution is 5.07. The summed E-state index contributed by atoms with van der Waals surface area (Å²) < 4.78 is 0. The van der Waals surface area contributed by atoms with Gasteiger partial charge in [0.2, 0.25) is 0 Å². The summed E-state index contributed by atoms with van der Waals surface area (Å²) in [6.07, 6.45) is 3.66. The van der Waals surface area contributed by atoms with Crippen molar-refractivity contribution in [1.29, 1.82) is 0 Å². The molecule has 1 heteroatoms. The summed E-state index contributed by atoms with van der Waals surface area (Å²) in [6.45, 7) is 4.70. The van der Waals surface area contributed by atoms with E-state index in [0.717, 1.165) is 12.5 Å². The molecule has 0 heterocycles. The lowest BCUT2D eigenvalue weighted by molar-refractivity contribution is 0.396. The number of hydrogen-bond acceptors (Lipinski definition) is 1. The van der Waals surface area contributed by atoms with Crippen molar-refractivity contribution in [2.45, 2.75) is 19.3 Å². The first-order chi connectivity index (χ1) is 3.83. The maximum atomic E-state index is 5.35. The van der Waals surface area contributed by atoms with Gasteiger partial charge in [0.05, 0.1) is 0 Å². The minimum atomic E-state index is 0.845. The highest BCUT2D eigenvalue weighted by atomic mass is 14.5. The van der Waals surface area contributed by atoms with Gasteiger partial charge in [-0.3, -0.25) is 0 Å². The van der Waals surface area contributed by atoms with Crippen LogP contribution >= 0.6 is 0 Å². The van der Waals surface area contributed by atoms with Crippen LogP contribution < -0.4 is 5.73 Å². The van der Waals surface area contributed by atoms with Crippen molar-refractivity contribution in [1.82, 2.24) is 0 Å². The smallest absolute Gasteiger partial charge is 0.00744 e. The van der Waals surface area contributed by atoms with E-state index in [9.17, 15) is 0 Å². The molecule has 1 aliphatic carbocycles. The Kier molecular flexibility index (Phi) is 1.69. The van der Waals surface area contributed by atoms with Crippen molar-refractivity contribution in [2.75, 3.05) is 6.54 Å². The van der Waals surface area contributed by atoms with Gasteiger partial charge in [-0.15, -0.1) is 0 Å². The van der Waals surface area contributed by atoms with Gasteiger partial charge in [-0.05, 0) is 31.7 Å². The van der Waals surface area contributed by atoms with Crippen LogP contribution in [0.1, 0.15) is 19.3 Å². The van der Waals surface area contributed by atoms with Crippen LogP contribution in [0.15, 0.2) is 12.2 Å². The van der Waals surface area contributed by atoms with Gasteiger partial charge in [-0.2, -0.15) is 0 Å². The van der Waals surface area contributed by atoms with Gasteiger partial charge in [0.1, 0.15) is 0 Å². The first kappa shape index (κ1) is 5.83. The van der Waals surface area contributed by atoms with E-state index >= 15 is 0 Å². The third-order valence-corrected chi connectivity index (χ3v) is 1.73. The molecule has 0 aliphatic heterocycles.